The van der Waals surface area contributed by atoms with Gasteiger partial charge in [-0.3, -0.25) is 9.69 Å². The summed E-state index contributed by atoms with van der Waals surface area (Å²) in [5, 5.41) is 9.30. The number of aromatic nitrogens is 2. The molecular weight excluding hydrogens is 396 g/mol. The van der Waals surface area contributed by atoms with E-state index in [1.165, 1.54) is 16.7 Å². The van der Waals surface area contributed by atoms with Gasteiger partial charge >= 0.3 is 0 Å². The molecule has 0 radical (unpaired) electrons. The molecule has 1 aromatic carbocycles. The van der Waals surface area contributed by atoms with Crippen molar-refractivity contribution >= 4 is 17.2 Å². The van der Waals surface area contributed by atoms with Crippen molar-refractivity contribution in [1.29, 1.82) is 0 Å². The summed E-state index contributed by atoms with van der Waals surface area (Å²) in [6.45, 7) is 8.47. The molecule has 1 aliphatic rings. The molecule has 0 bridgehead atoms. The third-order valence-corrected chi connectivity index (χ3v) is 6.56. The zero-order valence-electron chi connectivity index (χ0n) is 17.7. The third-order valence-electron chi connectivity index (χ3n) is 5.70. The number of carbonyl (C=O) groups is 1. The molecule has 3 aromatic rings. The first-order chi connectivity index (χ1) is 14.5. The molecule has 0 saturated carbocycles. The molecule has 158 valence electrons. The van der Waals surface area contributed by atoms with Crippen LogP contribution in [0.15, 0.2) is 40.2 Å². The van der Waals surface area contributed by atoms with Crippen LogP contribution in [-0.2, 0) is 11.3 Å². The minimum atomic E-state index is -0.0216. The van der Waals surface area contributed by atoms with Crippen LogP contribution in [0.25, 0.3) is 10.7 Å². The summed E-state index contributed by atoms with van der Waals surface area (Å²) in [4.78, 5) is 20.7. The van der Waals surface area contributed by atoms with Gasteiger partial charge in [-0.05, 0) is 62.7 Å². The normalized spacial score (nSPS) is 18.3. The van der Waals surface area contributed by atoms with Crippen LogP contribution in [0.2, 0.25) is 0 Å². The minimum Gasteiger partial charge on any atom is -0.349 e. The van der Waals surface area contributed by atoms with Crippen LogP contribution in [0.1, 0.15) is 48.4 Å². The summed E-state index contributed by atoms with van der Waals surface area (Å²) in [5.41, 5.74) is 3.63. The third kappa shape index (κ3) is 4.79. The van der Waals surface area contributed by atoms with E-state index in [1.807, 2.05) is 17.5 Å². The summed E-state index contributed by atoms with van der Waals surface area (Å²) in [6.07, 6.45) is 1.90. The highest BCUT2D eigenvalue weighted by Gasteiger charge is 2.28. The molecule has 2 aromatic heterocycles. The average Bonchev–Trinajstić information content (AvgIpc) is 3.40. The Balaban J connectivity index is 1.34. The Labute approximate surface area is 181 Å². The fourth-order valence-electron chi connectivity index (χ4n) is 4.15. The van der Waals surface area contributed by atoms with E-state index in [1.54, 1.807) is 11.3 Å². The maximum absolute atomic E-state index is 12.9. The van der Waals surface area contributed by atoms with Crippen molar-refractivity contribution in [3.8, 4) is 10.7 Å². The van der Waals surface area contributed by atoms with Crippen LogP contribution in [-0.4, -0.2) is 34.0 Å². The summed E-state index contributed by atoms with van der Waals surface area (Å²) in [5.74, 6) is 1.33. The van der Waals surface area contributed by atoms with E-state index in [2.05, 4.69) is 59.3 Å². The van der Waals surface area contributed by atoms with Gasteiger partial charge in [0, 0.05) is 6.54 Å². The molecule has 4 rings (SSSR count). The largest absolute Gasteiger partial charge is 0.349 e. The number of hydrogen-bond donors (Lipinski definition) is 1. The first-order valence-corrected chi connectivity index (χ1v) is 11.3. The molecule has 2 atom stereocenters. The lowest BCUT2D eigenvalue weighted by atomic mass is 9.95. The Hall–Kier alpha value is -2.51. The second-order valence-electron chi connectivity index (χ2n) is 8.15. The van der Waals surface area contributed by atoms with Crippen LogP contribution in [0.4, 0.5) is 0 Å². The summed E-state index contributed by atoms with van der Waals surface area (Å²) < 4.78 is 5.44. The van der Waals surface area contributed by atoms with E-state index in [0.717, 1.165) is 24.3 Å². The number of benzene rings is 1. The molecule has 30 heavy (non-hydrogen) atoms. The van der Waals surface area contributed by atoms with Crippen LogP contribution in [0, 0.1) is 19.8 Å². The van der Waals surface area contributed by atoms with Gasteiger partial charge in [0.05, 0.1) is 23.4 Å². The molecular formula is C23H28N4O2S. The lowest BCUT2D eigenvalue weighted by Crippen LogP contribution is -2.43. The van der Waals surface area contributed by atoms with Crippen LogP contribution in [0.5, 0.6) is 0 Å². The fraction of sp³-hybridized carbons (Fsp3) is 0.435. The first-order valence-electron chi connectivity index (χ1n) is 10.5. The van der Waals surface area contributed by atoms with Crippen molar-refractivity contribution in [2.75, 3.05) is 13.1 Å². The van der Waals surface area contributed by atoms with E-state index >= 15 is 0 Å². The van der Waals surface area contributed by atoms with E-state index in [9.17, 15) is 4.79 Å². The van der Waals surface area contributed by atoms with E-state index in [0.29, 0.717) is 24.8 Å². The summed E-state index contributed by atoms with van der Waals surface area (Å²) >= 11 is 1.59. The van der Waals surface area contributed by atoms with Gasteiger partial charge in [0.2, 0.25) is 17.6 Å². The van der Waals surface area contributed by atoms with Crippen molar-refractivity contribution < 1.29 is 9.32 Å². The Morgan fingerprint density at radius 1 is 1.37 bits per heavy atom. The standard InChI is InChI=1S/C23H28N4O2S/c1-15-8-9-19(16(2)12-15)17(3)24-23(28)18-6-4-10-27(13-18)14-21-25-22(26-29-21)20-7-5-11-30-20/h5,7-9,11-12,17-18H,4,6,10,13-14H2,1-3H3,(H,24,28). The topological polar surface area (TPSA) is 71.3 Å². The van der Waals surface area contributed by atoms with Crippen molar-refractivity contribution in [1.82, 2.24) is 20.4 Å². The van der Waals surface area contributed by atoms with Gasteiger partial charge in [-0.15, -0.1) is 11.3 Å². The zero-order chi connectivity index (χ0) is 21.1. The molecule has 0 spiro atoms. The number of nitrogens with zero attached hydrogens (tertiary/aromatic N) is 3. The average molecular weight is 425 g/mol. The highest BCUT2D eigenvalue weighted by atomic mass is 32.1. The number of nitrogens with one attached hydrogen (secondary N) is 1. The molecule has 1 N–H and O–H groups in total. The first kappa shape index (κ1) is 20.8. The number of amides is 1. The molecule has 6 nitrogen and oxygen atoms in total. The van der Waals surface area contributed by atoms with Crippen molar-refractivity contribution in [2.24, 2.45) is 5.92 Å². The summed E-state index contributed by atoms with van der Waals surface area (Å²) in [6, 6.07) is 10.3. The highest BCUT2D eigenvalue weighted by Crippen LogP contribution is 2.24. The highest BCUT2D eigenvalue weighted by molar-refractivity contribution is 7.13. The number of rotatable bonds is 6. The van der Waals surface area contributed by atoms with Gasteiger partial charge < -0.3 is 9.84 Å². The molecule has 1 aliphatic heterocycles. The van der Waals surface area contributed by atoms with Crippen LogP contribution < -0.4 is 5.32 Å². The Morgan fingerprint density at radius 2 is 2.23 bits per heavy atom. The smallest absolute Gasteiger partial charge is 0.241 e. The van der Waals surface area contributed by atoms with Gasteiger partial charge in [0.25, 0.3) is 0 Å². The number of thiophene rings is 1. The van der Waals surface area contributed by atoms with E-state index in [-0.39, 0.29) is 17.9 Å². The minimum absolute atomic E-state index is 0.00206. The number of carbonyl (C=O) groups excluding carboxylic acids is 1. The molecule has 1 fully saturated rings. The molecule has 1 amide bonds. The SMILES string of the molecule is Cc1ccc(C(C)NC(=O)C2CCCN(Cc3nc(-c4cccs4)no3)C2)c(C)c1. The molecule has 3 heterocycles. The zero-order valence-corrected chi connectivity index (χ0v) is 18.5. The van der Waals surface area contributed by atoms with Crippen molar-refractivity contribution in [2.45, 2.75) is 46.2 Å². The number of hydrogen-bond acceptors (Lipinski definition) is 6. The van der Waals surface area contributed by atoms with Gasteiger partial charge in [0.15, 0.2) is 0 Å². The van der Waals surface area contributed by atoms with Gasteiger partial charge in [0.1, 0.15) is 0 Å². The molecule has 0 aliphatic carbocycles. The predicted octanol–water partition coefficient (Wildman–Crippen LogP) is 4.50. The fourth-order valence-corrected chi connectivity index (χ4v) is 4.80. The van der Waals surface area contributed by atoms with Crippen molar-refractivity contribution in [3.63, 3.8) is 0 Å². The number of aryl methyl sites for hydroxylation is 2. The lowest BCUT2D eigenvalue weighted by Gasteiger charge is -2.31. The molecule has 2 unspecified atom stereocenters. The molecule has 7 heteroatoms. The van der Waals surface area contributed by atoms with Gasteiger partial charge in [-0.25, -0.2) is 0 Å². The number of piperidine rings is 1. The molecule has 1 saturated heterocycles. The van der Waals surface area contributed by atoms with E-state index in [4.69, 9.17) is 4.52 Å². The monoisotopic (exact) mass is 424 g/mol. The van der Waals surface area contributed by atoms with Gasteiger partial charge in [-0.1, -0.05) is 35.0 Å². The van der Waals surface area contributed by atoms with Gasteiger partial charge in [-0.2, -0.15) is 4.98 Å². The summed E-state index contributed by atoms with van der Waals surface area (Å²) in [7, 11) is 0. The Bertz CT molecular complexity index is 999. The van der Waals surface area contributed by atoms with Crippen LogP contribution >= 0.6 is 11.3 Å². The Kier molecular flexibility index (Phi) is 6.29. The van der Waals surface area contributed by atoms with Crippen molar-refractivity contribution in [3.05, 3.63) is 58.3 Å². The maximum Gasteiger partial charge on any atom is 0.241 e. The second-order valence-corrected chi connectivity index (χ2v) is 9.10. The lowest BCUT2D eigenvalue weighted by molar-refractivity contribution is -0.127. The Morgan fingerprint density at radius 3 is 3.00 bits per heavy atom. The quantitative estimate of drug-likeness (QED) is 0.631. The predicted molar refractivity (Wildman–Crippen MR) is 118 cm³/mol. The number of likely N-dealkylation sites (tertiary alicyclic amines) is 1. The second kappa shape index (κ2) is 9.10. The van der Waals surface area contributed by atoms with Crippen LogP contribution in [0.3, 0.4) is 0 Å². The maximum atomic E-state index is 12.9. The van der Waals surface area contributed by atoms with E-state index < -0.39 is 0 Å².